The van der Waals surface area contributed by atoms with Gasteiger partial charge in [0.2, 0.25) is 6.04 Å². The number of ketones is 1. The lowest BCUT2D eigenvalue weighted by Gasteiger charge is -2.18. The second-order valence-electron chi connectivity index (χ2n) is 6.50. The van der Waals surface area contributed by atoms with Crippen molar-refractivity contribution in [2.45, 2.75) is 26.8 Å². The van der Waals surface area contributed by atoms with Gasteiger partial charge in [0.15, 0.2) is 23.0 Å². The summed E-state index contributed by atoms with van der Waals surface area (Å²) in [6.07, 6.45) is 0. The van der Waals surface area contributed by atoms with Crippen LogP contribution < -0.4 is 24.3 Å². The Labute approximate surface area is 202 Å². The highest BCUT2D eigenvalue weighted by Gasteiger charge is 2.26. The van der Waals surface area contributed by atoms with Gasteiger partial charge in [0.25, 0.3) is 5.91 Å². The zero-order valence-electron chi connectivity index (χ0n) is 18.9. The molecule has 0 aromatic heterocycles. The largest absolute Gasteiger partial charge is 0.497 e. The van der Waals surface area contributed by atoms with Gasteiger partial charge in [-0.1, -0.05) is 23.2 Å². The van der Waals surface area contributed by atoms with E-state index < -0.39 is 17.7 Å². The molecule has 0 saturated carbocycles. The molecular formula is C22H25Cl2N3O6. The number of carbonyl (C=O) groups is 2. The Morgan fingerprint density at radius 2 is 1.67 bits per heavy atom. The fourth-order valence-corrected chi connectivity index (χ4v) is 3.20. The minimum atomic E-state index is -1.45. The predicted molar refractivity (Wildman–Crippen MR) is 126 cm³/mol. The molecule has 2 rings (SSSR count). The van der Waals surface area contributed by atoms with Gasteiger partial charge in [-0.25, -0.2) is 0 Å². The van der Waals surface area contributed by atoms with Gasteiger partial charge >= 0.3 is 0 Å². The minimum Gasteiger partial charge on any atom is -0.497 e. The Morgan fingerprint density at radius 1 is 1.00 bits per heavy atom. The topological polar surface area (TPSA) is 108 Å². The molecule has 11 heteroatoms. The van der Waals surface area contributed by atoms with E-state index in [9.17, 15) is 9.59 Å². The maximum absolute atomic E-state index is 12.9. The van der Waals surface area contributed by atoms with E-state index in [0.717, 1.165) is 0 Å². The summed E-state index contributed by atoms with van der Waals surface area (Å²) >= 11 is 12.4. The van der Waals surface area contributed by atoms with Crippen molar-refractivity contribution in [1.82, 2.24) is 0 Å². The molecule has 1 atom stereocenters. The van der Waals surface area contributed by atoms with Gasteiger partial charge in [-0.3, -0.25) is 9.59 Å². The maximum Gasteiger partial charge on any atom is 0.258 e. The van der Waals surface area contributed by atoms with Gasteiger partial charge in [-0.05, 0) is 32.9 Å². The molecule has 0 radical (unpaired) electrons. The van der Waals surface area contributed by atoms with Crippen molar-refractivity contribution in [3.8, 4) is 23.0 Å². The number of anilines is 1. The zero-order chi connectivity index (χ0) is 24.5. The lowest BCUT2D eigenvalue weighted by Crippen LogP contribution is -2.32. The number of methoxy groups -OCH3 is 2. The van der Waals surface area contributed by atoms with Crippen LogP contribution in [0.25, 0.3) is 0 Å². The highest BCUT2D eigenvalue weighted by atomic mass is 35.5. The van der Waals surface area contributed by atoms with Crippen molar-refractivity contribution in [1.29, 1.82) is 0 Å². The Hall–Kier alpha value is -3.04. The number of Topliss-reactive ketones (excluding diaryl/α,β-unsaturated/α-hetero) is 1. The second-order valence-corrected chi connectivity index (χ2v) is 7.31. The molecule has 0 aliphatic carbocycles. The van der Waals surface area contributed by atoms with Crippen LogP contribution in [0.4, 0.5) is 11.4 Å². The van der Waals surface area contributed by atoms with E-state index in [2.05, 4.69) is 15.5 Å². The van der Waals surface area contributed by atoms with Gasteiger partial charge in [0.1, 0.15) is 11.4 Å². The molecule has 1 N–H and O–H groups in total. The average Bonchev–Trinajstić information content (AvgIpc) is 2.78. The van der Waals surface area contributed by atoms with Crippen LogP contribution in [-0.4, -0.2) is 45.2 Å². The molecule has 0 aliphatic heterocycles. The van der Waals surface area contributed by atoms with Crippen molar-refractivity contribution in [2.24, 2.45) is 10.2 Å². The molecule has 33 heavy (non-hydrogen) atoms. The molecule has 0 saturated heterocycles. The molecule has 178 valence electrons. The highest BCUT2D eigenvalue weighted by Crippen LogP contribution is 2.42. The summed E-state index contributed by atoms with van der Waals surface area (Å²) in [5.74, 6) is 0.00251. The van der Waals surface area contributed by atoms with E-state index in [-0.39, 0.29) is 33.6 Å². The van der Waals surface area contributed by atoms with E-state index in [1.54, 1.807) is 32.0 Å². The Kier molecular flexibility index (Phi) is 9.74. The lowest BCUT2D eigenvalue weighted by molar-refractivity contribution is -0.126. The Morgan fingerprint density at radius 3 is 2.24 bits per heavy atom. The summed E-state index contributed by atoms with van der Waals surface area (Å²) in [4.78, 5) is 25.1. The van der Waals surface area contributed by atoms with Crippen LogP contribution in [0.2, 0.25) is 10.0 Å². The predicted octanol–water partition coefficient (Wildman–Crippen LogP) is 5.49. The first kappa shape index (κ1) is 26.2. The third-order valence-electron chi connectivity index (χ3n) is 4.26. The molecular weight excluding hydrogens is 473 g/mol. The summed E-state index contributed by atoms with van der Waals surface area (Å²) < 4.78 is 21.6. The van der Waals surface area contributed by atoms with E-state index >= 15 is 0 Å². The highest BCUT2D eigenvalue weighted by molar-refractivity contribution is 6.33. The van der Waals surface area contributed by atoms with E-state index in [1.807, 2.05) is 0 Å². The van der Waals surface area contributed by atoms with Gasteiger partial charge in [0.05, 0.1) is 43.2 Å². The second kappa shape index (κ2) is 12.3. The van der Waals surface area contributed by atoms with E-state index in [0.29, 0.717) is 24.0 Å². The number of halogens is 2. The molecule has 0 fully saturated rings. The van der Waals surface area contributed by atoms with Crippen molar-refractivity contribution in [3.05, 3.63) is 34.3 Å². The number of amides is 1. The van der Waals surface area contributed by atoms with Gasteiger partial charge in [-0.15, -0.1) is 5.11 Å². The minimum absolute atomic E-state index is 0.152. The van der Waals surface area contributed by atoms with Crippen LogP contribution in [0.15, 0.2) is 34.5 Å². The first-order chi connectivity index (χ1) is 15.8. The Bertz CT molecular complexity index is 1050. The summed E-state index contributed by atoms with van der Waals surface area (Å²) in [7, 11) is 2.90. The number of azo groups is 1. The van der Waals surface area contributed by atoms with Crippen LogP contribution in [0.5, 0.6) is 23.0 Å². The lowest BCUT2D eigenvalue weighted by atomic mass is 10.2. The van der Waals surface area contributed by atoms with Crippen LogP contribution in [0, 0.1) is 0 Å². The fraction of sp³-hybridized carbons (Fsp3) is 0.364. The van der Waals surface area contributed by atoms with Gasteiger partial charge < -0.3 is 24.3 Å². The number of ether oxygens (including phenoxy) is 4. The number of hydrogen-bond acceptors (Lipinski definition) is 8. The summed E-state index contributed by atoms with van der Waals surface area (Å²) in [5.41, 5.74) is 0.426. The van der Waals surface area contributed by atoms with Crippen molar-refractivity contribution >= 4 is 46.3 Å². The van der Waals surface area contributed by atoms with E-state index in [4.69, 9.17) is 42.1 Å². The zero-order valence-corrected chi connectivity index (χ0v) is 20.4. The Balaban J connectivity index is 2.38. The number of benzene rings is 2. The fourth-order valence-electron chi connectivity index (χ4n) is 2.76. The van der Waals surface area contributed by atoms with Gasteiger partial charge in [0, 0.05) is 12.1 Å². The summed E-state index contributed by atoms with van der Waals surface area (Å²) in [5, 5.41) is 11.1. The third-order valence-corrected chi connectivity index (χ3v) is 4.85. The number of carbonyl (C=O) groups excluding carboxylic acids is 2. The van der Waals surface area contributed by atoms with Crippen LogP contribution in [0.1, 0.15) is 20.8 Å². The first-order valence-electron chi connectivity index (χ1n) is 9.99. The maximum atomic E-state index is 12.9. The number of nitrogens with one attached hydrogen (secondary N) is 1. The molecule has 0 bridgehead atoms. The van der Waals surface area contributed by atoms with E-state index in [1.165, 1.54) is 27.2 Å². The first-order valence-corrected chi connectivity index (χ1v) is 10.7. The van der Waals surface area contributed by atoms with Crippen LogP contribution in [0.3, 0.4) is 0 Å². The normalized spacial score (nSPS) is 11.7. The quantitative estimate of drug-likeness (QED) is 0.324. The molecule has 0 spiro atoms. The number of rotatable bonds is 11. The monoisotopic (exact) mass is 497 g/mol. The molecule has 0 heterocycles. The van der Waals surface area contributed by atoms with Gasteiger partial charge in [-0.2, -0.15) is 5.11 Å². The number of nitrogens with zero attached hydrogens (tertiary/aromatic N) is 2. The van der Waals surface area contributed by atoms with Crippen molar-refractivity contribution in [2.75, 3.05) is 32.8 Å². The molecule has 2 aromatic rings. The van der Waals surface area contributed by atoms with Crippen molar-refractivity contribution in [3.63, 3.8) is 0 Å². The van der Waals surface area contributed by atoms with Crippen molar-refractivity contribution < 1.29 is 28.5 Å². The molecule has 1 unspecified atom stereocenters. The molecule has 9 nitrogen and oxygen atoms in total. The molecule has 2 aromatic carbocycles. The summed E-state index contributed by atoms with van der Waals surface area (Å²) in [6, 6.07) is 4.72. The molecule has 0 aliphatic rings. The smallest absolute Gasteiger partial charge is 0.258 e. The number of hydrogen-bond donors (Lipinski definition) is 1. The third kappa shape index (κ3) is 6.49. The summed E-state index contributed by atoms with van der Waals surface area (Å²) in [6.45, 7) is 5.44. The SMILES string of the molecule is CCOc1c(Cl)ccc(NC(=O)C(N=Nc2c(Cl)cc(OC)cc2OC)C(C)=O)c1OCC. The van der Waals surface area contributed by atoms with Crippen LogP contribution in [-0.2, 0) is 9.59 Å². The average molecular weight is 498 g/mol. The standard InChI is InChI=1S/C22H25Cl2N3O6/c1-6-32-20-14(23)8-9-16(21(20)33-7-2)25-22(29)18(12(3)28)26-27-19-15(24)10-13(30-4)11-17(19)31-5/h8-11,18H,6-7H2,1-5H3,(H,25,29). The van der Waals surface area contributed by atoms with Crippen LogP contribution >= 0.6 is 23.2 Å². The molecule has 1 amide bonds.